The van der Waals surface area contributed by atoms with E-state index in [9.17, 15) is 18.0 Å². The number of rotatable bonds is 15. The summed E-state index contributed by atoms with van der Waals surface area (Å²) in [6.07, 6.45) is 5.20. The van der Waals surface area contributed by atoms with Gasteiger partial charge in [-0.2, -0.15) is 0 Å². The maximum atomic E-state index is 13.2. The Hall–Kier alpha value is -4.49. The Bertz CT molecular complexity index is 1740. The number of benzene rings is 3. The van der Waals surface area contributed by atoms with Crippen LogP contribution >= 0.6 is 11.6 Å². The summed E-state index contributed by atoms with van der Waals surface area (Å²) in [6, 6.07) is 18.0. The van der Waals surface area contributed by atoms with Crippen molar-refractivity contribution in [2.24, 2.45) is 5.16 Å². The second kappa shape index (κ2) is 16.2. The average molecular weight is 668 g/mol. The highest BCUT2D eigenvalue weighted by molar-refractivity contribution is 7.92. The average Bonchev–Trinajstić information content (AvgIpc) is 3.40. The Kier molecular flexibility index (Phi) is 12.1. The fourth-order valence-electron chi connectivity index (χ4n) is 4.16. The number of oxime groups is 1. The van der Waals surface area contributed by atoms with E-state index in [1.165, 1.54) is 24.3 Å². The summed E-state index contributed by atoms with van der Waals surface area (Å²) in [6.45, 7) is 3.41. The molecule has 46 heavy (non-hydrogen) atoms. The van der Waals surface area contributed by atoms with E-state index in [4.69, 9.17) is 30.6 Å². The van der Waals surface area contributed by atoms with E-state index >= 15 is 0 Å². The van der Waals surface area contributed by atoms with Gasteiger partial charge in [0.2, 0.25) is 0 Å². The third-order valence-corrected chi connectivity index (χ3v) is 8.42. The first-order valence-corrected chi connectivity index (χ1v) is 16.2. The Labute approximate surface area is 273 Å². The van der Waals surface area contributed by atoms with E-state index in [0.29, 0.717) is 31.1 Å². The number of sulfonamides is 1. The minimum Gasteiger partial charge on any atom is -0.460 e. The molecule has 0 spiro atoms. The summed E-state index contributed by atoms with van der Waals surface area (Å²) >= 11 is 6.20. The van der Waals surface area contributed by atoms with Crippen molar-refractivity contribution in [3.63, 3.8) is 0 Å². The lowest BCUT2D eigenvalue weighted by Gasteiger charge is -2.12. The van der Waals surface area contributed by atoms with Crippen molar-refractivity contribution in [3.05, 3.63) is 106 Å². The predicted octanol–water partition coefficient (Wildman–Crippen LogP) is 5.32. The van der Waals surface area contributed by atoms with Crippen LogP contribution < -0.4 is 9.62 Å². The Morgan fingerprint density at radius 2 is 1.67 bits per heavy atom. The molecular weight excluding hydrogens is 634 g/mol. The van der Waals surface area contributed by atoms with Crippen LogP contribution in [0.4, 0.5) is 11.4 Å². The highest BCUT2D eigenvalue weighted by Crippen LogP contribution is 2.27. The molecule has 11 nitrogen and oxygen atoms in total. The summed E-state index contributed by atoms with van der Waals surface area (Å²) in [5, 5.41) is 3.83. The molecule has 0 saturated heterocycles. The molecule has 0 saturated carbocycles. The van der Waals surface area contributed by atoms with Gasteiger partial charge in [-0.25, -0.2) is 18.0 Å². The standard InChI is InChI=1S/C33H34ClN3O8S/c1-4-42-18-19-43-20-21-44-32(38)25-12-17-29(34)30(22-25)46(40,41)36-26-13-10-24(11-14-26)31-28(33(39)45-35-31)7-5-6-23-8-15-27(16-9-23)37(2)3/h5-17,22,36H,4,18-21H2,1-3H3. The summed E-state index contributed by atoms with van der Waals surface area (Å²) in [4.78, 5) is 31.5. The molecule has 0 fully saturated rings. The van der Waals surface area contributed by atoms with Crippen molar-refractivity contribution >= 4 is 56.7 Å². The molecule has 13 heteroatoms. The van der Waals surface area contributed by atoms with E-state index in [-0.39, 0.29) is 40.0 Å². The second-order valence-electron chi connectivity index (χ2n) is 10.0. The Balaban J connectivity index is 1.40. The highest BCUT2D eigenvalue weighted by atomic mass is 35.5. The number of nitrogens with one attached hydrogen (secondary N) is 1. The zero-order valence-electron chi connectivity index (χ0n) is 25.6. The number of hydrogen-bond acceptors (Lipinski definition) is 10. The fraction of sp³-hybridized carbons (Fsp3) is 0.242. The Morgan fingerprint density at radius 1 is 0.978 bits per heavy atom. The van der Waals surface area contributed by atoms with E-state index in [2.05, 4.69) is 9.88 Å². The lowest BCUT2D eigenvalue weighted by atomic mass is 10.0. The van der Waals surface area contributed by atoms with Crippen molar-refractivity contribution in [3.8, 4) is 0 Å². The van der Waals surface area contributed by atoms with Gasteiger partial charge in [-0.05, 0) is 61.0 Å². The summed E-state index contributed by atoms with van der Waals surface area (Å²) in [5.74, 6) is -1.32. The molecule has 0 unspecified atom stereocenters. The number of carbonyl (C=O) groups excluding carboxylic acids is 2. The maximum absolute atomic E-state index is 13.2. The monoisotopic (exact) mass is 667 g/mol. The highest BCUT2D eigenvalue weighted by Gasteiger charge is 2.26. The molecule has 1 N–H and O–H groups in total. The van der Waals surface area contributed by atoms with Gasteiger partial charge in [-0.1, -0.05) is 53.2 Å². The second-order valence-corrected chi connectivity index (χ2v) is 12.1. The molecule has 0 amide bonds. The van der Waals surface area contributed by atoms with Crippen molar-refractivity contribution in [2.75, 3.05) is 56.8 Å². The van der Waals surface area contributed by atoms with Crippen LogP contribution in [0.25, 0.3) is 6.08 Å². The fourth-order valence-corrected chi connectivity index (χ4v) is 5.75. The van der Waals surface area contributed by atoms with Gasteiger partial charge in [0.25, 0.3) is 10.0 Å². The van der Waals surface area contributed by atoms with Gasteiger partial charge >= 0.3 is 11.9 Å². The molecule has 4 rings (SSSR count). The van der Waals surface area contributed by atoms with Crippen LogP contribution in [-0.2, 0) is 33.9 Å². The van der Waals surface area contributed by atoms with E-state index in [1.807, 2.05) is 56.3 Å². The molecule has 1 heterocycles. The molecule has 3 aromatic rings. The van der Waals surface area contributed by atoms with Crippen molar-refractivity contribution in [1.82, 2.24) is 0 Å². The smallest absolute Gasteiger partial charge is 0.368 e. The summed E-state index contributed by atoms with van der Waals surface area (Å²) < 4.78 is 44.5. The largest absolute Gasteiger partial charge is 0.460 e. The van der Waals surface area contributed by atoms with Crippen LogP contribution in [0, 0.1) is 0 Å². The van der Waals surface area contributed by atoms with Gasteiger partial charge in [0.1, 0.15) is 17.2 Å². The lowest BCUT2D eigenvalue weighted by molar-refractivity contribution is -0.136. The number of allylic oxidation sites excluding steroid dienone is 2. The zero-order chi connectivity index (χ0) is 33.1. The first-order valence-electron chi connectivity index (χ1n) is 14.3. The third kappa shape index (κ3) is 9.27. The number of halogens is 1. The van der Waals surface area contributed by atoms with Crippen LogP contribution in [-0.4, -0.2) is 73.2 Å². The van der Waals surface area contributed by atoms with Crippen molar-refractivity contribution < 1.29 is 37.1 Å². The quantitative estimate of drug-likeness (QED) is 0.0990. The third-order valence-electron chi connectivity index (χ3n) is 6.56. The van der Waals surface area contributed by atoms with Crippen molar-refractivity contribution in [2.45, 2.75) is 11.8 Å². The molecule has 1 aliphatic heterocycles. The van der Waals surface area contributed by atoms with E-state index in [0.717, 1.165) is 17.3 Å². The SMILES string of the molecule is CCOCCOCCOC(=O)c1ccc(Cl)c(S(=O)(=O)Nc2ccc(C3=NOC(=O)C3=CC=Cc3ccc(N(C)C)cc3)cc2)c1. The number of hydrogen-bond donors (Lipinski definition) is 1. The zero-order valence-corrected chi connectivity index (χ0v) is 27.1. The van der Waals surface area contributed by atoms with Gasteiger partial charge in [0.05, 0.1) is 36.0 Å². The summed E-state index contributed by atoms with van der Waals surface area (Å²) in [5.41, 5.74) is 3.34. The van der Waals surface area contributed by atoms with E-state index < -0.39 is 22.0 Å². The molecule has 3 aromatic carbocycles. The molecule has 1 aliphatic rings. The number of anilines is 2. The lowest BCUT2D eigenvalue weighted by Crippen LogP contribution is -2.16. The van der Waals surface area contributed by atoms with Crippen LogP contribution in [0.3, 0.4) is 0 Å². The first-order chi connectivity index (χ1) is 22.1. The molecule has 0 radical (unpaired) electrons. The minimum atomic E-state index is -4.20. The van der Waals surface area contributed by atoms with E-state index in [1.54, 1.807) is 24.3 Å². The number of carbonyl (C=O) groups is 2. The van der Waals surface area contributed by atoms with Crippen LogP contribution in [0.5, 0.6) is 0 Å². The maximum Gasteiger partial charge on any atom is 0.368 e. The van der Waals surface area contributed by atoms with Crippen molar-refractivity contribution in [1.29, 1.82) is 0 Å². The van der Waals surface area contributed by atoms with Crippen LogP contribution in [0.15, 0.2) is 94.5 Å². The molecule has 0 aliphatic carbocycles. The minimum absolute atomic E-state index is 0.0114. The molecule has 0 bridgehead atoms. The molecular formula is C33H34ClN3O8S. The number of esters is 1. The normalized spacial score (nSPS) is 14.0. The van der Waals surface area contributed by atoms with Gasteiger partial charge in [-0.15, -0.1) is 0 Å². The molecule has 242 valence electrons. The van der Waals surface area contributed by atoms with Gasteiger partial charge in [0.15, 0.2) is 0 Å². The van der Waals surface area contributed by atoms with Crippen LogP contribution in [0.2, 0.25) is 5.02 Å². The number of nitrogens with zero attached hydrogens (tertiary/aromatic N) is 2. The van der Waals surface area contributed by atoms with Gasteiger partial charge < -0.3 is 23.9 Å². The molecule has 0 aromatic heterocycles. The topological polar surface area (TPSA) is 133 Å². The Morgan fingerprint density at radius 3 is 2.37 bits per heavy atom. The number of ether oxygens (including phenoxy) is 3. The van der Waals surface area contributed by atoms with Gasteiger partial charge in [-0.3, -0.25) is 4.72 Å². The van der Waals surface area contributed by atoms with Gasteiger partial charge in [0, 0.05) is 37.6 Å². The first kappa shape index (κ1) is 34.4. The predicted molar refractivity (Wildman–Crippen MR) is 177 cm³/mol. The summed E-state index contributed by atoms with van der Waals surface area (Å²) in [7, 11) is -0.272. The van der Waals surface area contributed by atoms with Crippen LogP contribution in [0.1, 0.15) is 28.4 Å². The molecule has 0 atom stereocenters.